The maximum absolute atomic E-state index is 12.5. The molecular weight excluding hydrogens is 303 g/mol. The third-order valence-corrected chi connectivity index (χ3v) is 3.56. The van der Waals surface area contributed by atoms with Crippen molar-refractivity contribution < 1.29 is 18.0 Å². The molecule has 1 heterocycles. The summed E-state index contributed by atoms with van der Waals surface area (Å²) in [5.41, 5.74) is 6.75. The van der Waals surface area contributed by atoms with Crippen LogP contribution in [0.5, 0.6) is 0 Å². The van der Waals surface area contributed by atoms with Crippen LogP contribution in [0.15, 0.2) is 29.8 Å². The Morgan fingerprint density at radius 1 is 1.29 bits per heavy atom. The lowest BCUT2D eigenvalue weighted by atomic mass is 10.1. The van der Waals surface area contributed by atoms with Crippen LogP contribution >= 0.6 is 11.3 Å². The van der Waals surface area contributed by atoms with Crippen molar-refractivity contribution in [3.63, 3.8) is 0 Å². The van der Waals surface area contributed by atoms with E-state index in [0.717, 1.165) is 12.1 Å². The first-order valence-corrected chi connectivity index (χ1v) is 6.91. The predicted octanol–water partition coefficient (Wildman–Crippen LogP) is 2.52. The second kappa shape index (κ2) is 6.23. The zero-order valence-electron chi connectivity index (χ0n) is 10.8. The van der Waals surface area contributed by atoms with E-state index in [2.05, 4.69) is 10.3 Å². The van der Waals surface area contributed by atoms with Crippen LogP contribution in [0.2, 0.25) is 0 Å². The topological polar surface area (TPSA) is 68.0 Å². The van der Waals surface area contributed by atoms with Gasteiger partial charge in [-0.2, -0.15) is 13.2 Å². The number of nitrogens with two attached hydrogens (primary N) is 1. The highest BCUT2D eigenvalue weighted by molar-refractivity contribution is 7.13. The highest BCUT2D eigenvalue weighted by atomic mass is 32.1. The Hall–Kier alpha value is -1.93. The summed E-state index contributed by atoms with van der Waals surface area (Å²) in [7, 11) is 0. The fraction of sp³-hybridized carbons (Fsp3) is 0.231. The lowest BCUT2D eigenvalue weighted by Crippen LogP contribution is -2.29. The Kier molecular flexibility index (Phi) is 4.59. The summed E-state index contributed by atoms with van der Waals surface area (Å²) in [6.45, 7) is 0.605. The monoisotopic (exact) mass is 315 g/mol. The van der Waals surface area contributed by atoms with Gasteiger partial charge in [0.2, 0.25) is 0 Å². The molecule has 0 atom stereocenters. The molecule has 0 saturated heterocycles. The van der Waals surface area contributed by atoms with E-state index in [1.807, 2.05) is 0 Å². The number of nitrogens with one attached hydrogen (secondary N) is 1. The van der Waals surface area contributed by atoms with Crippen LogP contribution < -0.4 is 11.1 Å². The van der Waals surface area contributed by atoms with Gasteiger partial charge in [-0.1, -0.05) is 12.1 Å². The number of aromatic nitrogens is 1. The van der Waals surface area contributed by atoms with E-state index in [4.69, 9.17) is 5.73 Å². The van der Waals surface area contributed by atoms with Gasteiger partial charge in [0.15, 0.2) is 0 Å². The van der Waals surface area contributed by atoms with Crippen molar-refractivity contribution in [1.82, 2.24) is 10.3 Å². The summed E-state index contributed by atoms with van der Waals surface area (Å²) in [5, 5.41) is 2.58. The van der Waals surface area contributed by atoms with E-state index < -0.39 is 17.6 Å². The van der Waals surface area contributed by atoms with Gasteiger partial charge < -0.3 is 11.1 Å². The standard InChI is InChI=1S/C13H12F3N3OS/c14-13(15,16)9-3-1-8(2-4-9)11-10(19-7-21-11)12(20)18-6-5-17/h1-4,7H,5-6,17H2,(H,18,20). The lowest BCUT2D eigenvalue weighted by Gasteiger charge is -2.08. The van der Waals surface area contributed by atoms with Gasteiger partial charge in [0.05, 0.1) is 16.0 Å². The summed E-state index contributed by atoms with van der Waals surface area (Å²) in [6.07, 6.45) is -4.38. The van der Waals surface area contributed by atoms with Crippen molar-refractivity contribution >= 4 is 17.2 Å². The van der Waals surface area contributed by atoms with Crippen LogP contribution in [0, 0.1) is 0 Å². The second-order valence-electron chi connectivity index (χ2n) is 4.15. The number of rotatable bonds is 4. The Bertz CT molecular complexity index is 622. The third-order valence-electron chi connectivity index (χ3n) is 2.69. The van der Waals surface area contributed by atoms with Crippen LogP contribution in [0.4, 0.5) is 13.2 Å². The molecule has 0 radical (unpaired) electrons. The summed E-state index contributed by atoms with van der Waals surface area (Å²) in [5.74, 6) is -0.392. The van der Waals surface area contributed by atoms with Crippen LogP contribution in [-0.2, 0) is 6.18 Å². The van der Waals surface area contributed by atoms with Crippen molar-refractivity contribution in [2.75, 3.05) is 13.1 Å². The van der Waals surface area contributed by atoms with Crippen molar-refractivity contribution in [3.05, 3.63) is 41.0 Å². The first kappa shape index (κ1) is 15.5. The Morgan fingerprint density at radius 2 is 1.95 bits per heavy atom. The van der Waals surface area contributed by atoms with Gasteiger partial charge in [-0.25, -0.2) is 4.98 Å². The number of amides is 1. The van der Waals surface area contributed by atoms with Crippen LogP contribution in [0.25, 0.3) is 10.4 Å². The number of carbonyl (C=O) groups is 1. The minimum Gasteiger partial charge on any atom is -0.349 e. The molecule has 1 amide bonds. The van der Waals surface area contributed by atoms with E-state index in [1.165, 1.54) is 29.0 Å². The van der Waals surface area contributed by atoms with E-state index in [-0.39, 0.29) is 5.69 Å². The summed E-state index contributed by atoms with van der Waals surface area (Å²) in [4.78, 5) is 16.4. The lowest BCUT2D eigenvalue weighted by molar-refractivity contribution is -0.137. The van der Waals surface area contributed by atoms with E-state index >= 15 is 0 Å². The van der Waals surface area contributed by atoms with Crippen molar-refractivity contribution in [2.45, 2.75) is 6.18 Å². The fourth-order valence-electron chi connectivity index (χ4n) is 1.69. The number of halogens is 3. The van der Waals surface area contributed by atoms with Gasteiger partial charge in [0, 0.05) is 13.1 Å². The van der Waals surface area contributed by atoms with Gasteiger partial charge in [0.25, 0.3) is 5.91 Å². The normalized spacial score (nSPS) is 11.4. The maximum Gasteiger partial charge on any atom is 0.416 e. The molecule has 0 fully saturated rings. The first-order chi connectivity index (χ1) is 9.93. The molecule has 0 aliphatic heterocycles. The quantitative estimate of drug-likeness (QED) is 0.911. The van der Waals surface area contributed by atoms with Crippen LogP contribution in [-0.4, -0.2) is 24.0 Å². The molecule has 112 valence electrons. The molecule has 1 aromatic carbocycles. The van der Waals surface area contributed by atoms with E-state index in [9.17, 15) is 18.0 Å². The number of thiazole rings is 1. The predicted molar refractivity (Wildman–Crippen MR) is 73.9 cm³/mol. The molecule has 3 N–H and O–H groups in total. The van der Waals surface area contributed by atoms with Crippen molar-refractivity contribution in [1.29, 1.82) is 0 Å². The van der Waals surface area contributed by atoms with Gasteiger partial charge in [-0.3, -0.25) is 4.79 Å². The molecule has 2 rings (SSSR count). The zero-order valence-corrected chi connectivity index (χ0v) is 11.6. The van der Waals surface area contributed by atoms with Gasteiger partial charge in [-0.15, -0.1) is 11.3 Å². The average Bonchev–Trinajstić information content (AvgIpc) is 2.93. The maximum atomic E-state index is 12.5. The van der Waals surface area contributed by atoms with Gasteiger partial charge in [-0.05, 0) is 17.7 Å². The molecule has 0 spiro atoms. The number of benzene rings is 1. The molecule has 1 aromatic heterocycles. The fourth-order valence-corrected chi connectivity index (χ4v) is 2.49. The molecule has 21 heavy (non-hydrogen) atoms. The number of hydrogen-bond donors (Lipinski definition) is 2. The molecule has 0 aliphatic carbocycles. The number of nitrogens with zero attached hydrogens (tertiary/aromatic N) is 1. The second-order valence-corrected chi connectivity index (χ2v) is 5.00. The van der Waals surface area contributed by atoms with Crippen LogP contribution in [0.1, 0.15) is 16.1 Å². The molecular formula is C13H12F3N3OS. The van der Waals surface area contributed by atoms with Gasteiger partial charge in [0.1, 0.15) is 5.69 Å². The molecule has 0 bridgehead atoms. The summed E-state index contributed by atoms with van der Waals surface area (Å²) in [6, 6.07) is 4.62. The van der Waals surface area contributed by atoms with Crippen molar-refractivity contribution in [2.24, 2.45) is 5.73 Å². The molecule has 2 aromatic rings. The average molecular weight is 315 g/mol. The number of alkyl halides is 3. The Labute approximate surface area is 122 Å². The highest BCUT2D eigenvalue weighted by Crippen LogP contribution is 2.33. The SMILES string of the molecule is NCCNC(=O)c1ncsc1-c1ccc(C(F)(F)F)cc1. The number of carbonyl (C=O) groups excluding carboxylic acids is 1. The molecule has 0 aliphatic rings. The van der Waals surface area contributed by atoms with E-state index in [0.29, 0.717) is 23.5 Å². The minimum atomic E-state index is -4.38. The first-order valence-electron chi connectivity index (χ1n) is 6.03. The highest BCUT2D eigenvalue weighted by Gasteiger charge is 2.30. The Morgan fingerprint density at radius 3 is 2.52 bits per heavy atom. The zero-order chi connectivity index (χ0) is 15.5. The Balaban J connectivity index is 2.27. The van der Waals surface area contributed by atoms with Crippen molar-refractivity contribution in [3.8, 4) is 10.4 Å². The molecule has 4 nitrogen and oxygen atoms in total. The third kappa shape index (κ3) is 3.59. The summed E-state index contributed by atoms with van der Waals surface area (Å²) < 4.78 is 37.6. The largest absolute Gasteiger partial charge is 0.416 e. The minimum absolute atomic E-state index is 0.188. The number of hydrogen-bond acceptors (Lipinski definition) is 4. The van der Waals surface area contributed by atoms with Gasteiger partial charge >= 0.3 is 6.18 Å². The van der Waals surface area contributed by atoms with Crippen LogP contribution in [0.3, 0.4) is 0 Å². The van der Waals surface area contributed by atoms with E-state index in [1.54, 1.807) is 0 Å². The molecule has 0 saturated carbocycles. The summed E-state index contributed by atoms with van der Waals surface area (Å²) >= 11 is 1.19. The smallest absolute Gasteiger partial charge is 0.349 e. The molecule has 8 heteroatoms. The molecule has 0 unspecified atom stereocenters.